The molecule has 0 amide bonds. The Kier molecular flexibility index (Phi) is 3.77. The van der Waals surface area contributed by atoms with Crippen LogP contribution in [-0.4, -0.2) is 39.0 Å². The lowest BCUT2D eigenvalue weighted by Gasteiger charge is -2.33. The van der Waals surface area contributed by atoms with Crippen LogP contribution in [0.25, 0.3) is 0 Å². The summed E-state index contributed by atoms with van der Waals surface area (Å²) in [5.74, 6) is 0. The first-order valence-electron chi connectivity index (χ1n) is 6.35. The van der Waals surface area contributed by atoms with Gasteiger partial charge in [0, 0.05) is 26.3 Å². The van der Waals surface area contributed by atoms with Gasteiger partial charge in [-0.1, -0.05) is 0 Å². The number of sulfonamides is 1. The summed E-state index contributed by atoms with van der Waals surface area (Å²) in [5.41, 5.74) is 0.153. The highest BCUT2D eigenvalue weighted by Crippen LogP contribution is 2.42. The van der Waals surface area contributed by atoms with Crippen molar-refractivity contribution in [3.05, 3.63) is 15.9 Å². The highest BCUT2D eigenvalue weighted by molar-refractivity contribution is 9.11. The number of thiophene rings is 1. The second-order valence-electron chi connectivity index (χ2n) is 5.26. The summed E-state index contributed by atoms with van der Waals surface area (Å²) in [4.78, 5) is 0. The first-order chi connectivity index (χ1) is 9.02. The maximum absolute atomic E-state index is 12.6. The Hall–Kier alpha value is 0.0500. The fourth-order valence-corrected chi connectivity index (χ4v) is 6.59. The van der Waals surface area contributed by atoms with Gasteiger partial charge >= 0.3 is 0 Å². The predicted octanol–water partition coefficient (Wildman–Crippen LogP) is 2.70. The minimum atomic E-state index is -3.31. The second kappa shape index (κ2) is 5.11. The van der Waals surface area contributed by atoms with E-state index >= 15 is 0 Å². The molecule has 0 aliphatic carbocycles. The van der Waals surface area contributed by atoms with Crippen molar-refractivity contribution in [1.82, 2.24) is 4.31 Å². The zero-order chi connectivity index (χ0) is 13.5. The summed E-state index contributed by atoms with van der Waals surface area (Å²) in [5, 5.41) is 0. The van der Waals surface area contributed by atoms with Crippen LogP contribution in [0.5, 0.6) is 0 Å². The predicted molar refractivity (Wildman–Crippen MR) is 77.9 cm³/mol. The summed E-state index contributed by atoms with van der Waals surface area (Å²) < 4.78 is 33.4. The van der Waals surface area contributed by atoms with Crippen LogP contribution < -0.4 is 0 Å². The largest absolute Gasteiger partial charge is 0.381 e. The lowest BCUT2D eigenvalue weighted by atomic mass is 9.80. The van der Waals surface area contributed by atoms with Crippen LogP contribution in [0.4, 0.5) is 0 Å². The summed E-state index contributed by atoms with van der Waals surface area (Å²) in [6.07, 6.45) is 2.92. The fraction of sp³-hybridized carbons (Fsp3) is 0.667. The van der Waals surface area contributed by atoms with E-state index in [9.17, 15) is 8.42 Å². The third-order valence-electron chi connectivity index (χ3n) is 4.10. The number of nitrogens with zero attached hydrogens (tertiary/aromatic N) is 1. The van der Waals surface area contributed by atoms with Crippen LogP contribution in [0.3, 0.4) is 0 Å². The first kappa shape index (κ1) is 14.0. The molecule has 106 valence electrons. The lowest BCUT2D eigenvalue weighted by Crippen LogP contribution is -2.35. The molecule has 0 aromatic carbocycles. The van der Waals surface area contributed by atoms with E-state index < -0.39 is 10.0 Å². The molecule has 2 fully saturated rings. The number of rotatable bonds is 2. The van der Waals surface area contributed by atoms with Crippen molar-refractivity contribution in [2.75, 3.05) is 26.3 Å². The third-order valence-corrected chi connectivity index (χ3v) is 8.04. The number of hydrogen-bond acceptors (Lipinski definition) is 4. The SMILES string of the molecule is O=S(=O)(c1ccc(Br)s1)N1CCC2(CCOCC2)C1. The number of ether oxygens (including phenoxy) is 1. The maximum Gasteiger partial charge on any atom is 0.252 e. The van der Waals surface area contributed by atoms with Gasteiger partial charge in [0.25, 0.3) is 10.0 Å². The Morgan fingerprint density at radius 1 is 1.26 bits per heavy atom. The molecule has 1 aromatic rings. The lowest BCUT2D eigenvalue weighted by molar-refractivity contribution is 0.0222. The molecule has 0 atom stereocenters. The van der Waals surface area contributed by atoms with Crippen molar-refractivity contribution in [3.8, 4) is 0 Å². The van der Waals surface area contributed by atoms with E-state index in [4.69, 9.17) is 4.74 Å². The van der Waals surface area contributed by atoms with Crippen LogP contribution >= 0.6 is 27.3 Å². The minimum Gasteiger partial charge on any atom is -0.381 e. The Morgan fingerprint density at radius 2 is 2.00 bits per heavy atom. The van der Waals surface area contributed by atoms with E-state index in [1.165, 1.54) is 11.3 Å². The highest BCUT2D eigenvalue weighted by Gasteiger charge is 2.43. The number of hydrogen-bond donors (Lipinski definition) is 0. The van der Waals surface area contributed by atoms with Gasteiger partial charge in [-0.25, -0.2) is 8.42 Å². The van der Waals surface area contributed by atoms with Gasteiger partial charge in [0.15, 0.2) is 0 Å². The molecule has 7 heteroatoms. The molecule has 3 heterocycles. The van der Waals surface area contributed by atoms with Crippen molar-refractivity contribution in [2.24, 2.45) is 5.41 Å². The Morgan fingerprint density at radius 3 is 2.63 bits per heavy atom. The highest BCUT2D eigenvalue weighted by atomic mass is 79.9. The van der Waals surface area contributed by atoms with Crippen LogP contribution in [0.15, 0.2) is 20.1 Å². The molecule has 0 radical (unpaired) electrons. The molecular weight excluding hydrogens is 350 g/mol. The van der Waals surface area contributed by atoms with Gasteiger partial charge < -0.3 is 4.74 Å². The smallest absolute Gasteiger partial charge is 0.252 e. The van der Waals surface area contributed by atoms with Gasteiger partial charge in [-0.2, -0.15) is 4.31 Å². The van der Waals surface area contributed by atoms with Gasteiger partial charge in [0.1, 0.15) is 4.21 Å². The summed E-state index contributed by atoms with van der Waals surface area (Å²) in [6.45, 7) is 2.81. The molecule has 0 N–H and O–H groups in total. The van der Waals surface area contributed by atoms with Crippen LogP contribution in [0.2, 0.25) is 0 Å². The molecule has 19 heavy (non-hydrogen) atoms. The standard InChI is InChI=1S/C12H16BrNO3S2/c13-10-1-2-11(18-10)19(15,16)14-6-3-12(9-14)4-7-17-8-5-12/h1-2H,3-9H2. The average molecular weight is 366 g/mol. The Bertz CT molecular complexity index is 563. The monoisotopic (exact) mass is 365 g/mol. The molecule has 2 aliphatic heterocycles. The molecule has 4 nitrogen and oxygen atoms in total. The van der Waals surface area contributed by atoms with Crippen molar-refractivity contribution in [3.63, 3.8) is 0 Å². The molecular formula is C12H16BrNO3S2. The minimum absolute atomic E-state index is 0.153. The average Bonchev–Trinajstić information content (AvgIpc) is 2.98. The molecule has 2 aliphatic rings. The molecule has 3 rings (SSSR count). The van der Waals surface area contributed by atoms with Gasteiger partial charge in [0.2, 0.25) is 0 Å². The van der Waals surface area contributed by atoms with Crippen molar-refractivity contribution in [2.45, 2.75) is 23.5 Å². The van der Waals surface area contributed by atoms with Gasteiger partial charge in [-0.05, 0) is 52.7 Å². The van der Waals surface area contributed by atoms with Gasteiger partial charge in [0.05, 0.1) is 3.79 Å². The van der Waals surface area contributed by atoms with E-state index in [1.54, 1.807) is 16.4 Å². The van der Waals surface area contributed by atoms with E-state index in [0.717, 1.165) is 36.3 Å². The van der Waals surface area contributed by atoms with Crippen molar-refractivity contribution >= 4 is 37.3 Å². The van der Waals surface area contributed by atoms with Gasteiger partial charge in [-0.3, -0.25) is 0 Å². The molecule has 0 saturated carbocycles. The molecule has 2 saturated heterocycles. The summed E-state index contributed by atoms with van der Waals surface area (Å²) in [6, 6.07) is 3.47. The normalized spacial score (nSPS) is 24.1. The van der Waals surface area contributed by atoms with Crippen LogP contribution in [-0.2, 0) is 14.8 Å². The zero-order valence-electron chi connectivity index (χ0n) is 10.5. The quantitative estimate of drug-likeness (QED) is 0.809. The van der Waals surface area contributed by atoms with Crippen LogP contribution in [0, 0.1) is 5.41 Å². The van der Waals surface area contributed by atoms with E-state index in [2.05, 4.69) is 15.9 Å². The molecule has 1 spiro atoms. The number of halogens is 1. The maximum atomic E-state index is 12.6. The summed E-state index contributed by atoms with van der Waals surface area (Å²) in [7, 11) is -3.31. The summed E-state index contributed by atoms with van der Waals surface area (Å²) >= 11 is 4.60. The Balaban J connectivity index is 1.80. The third kappa shape index (κ3) is 2.63. The van der Waals surface area contributed by atoms with Gasteiger partial charge in [-0.15, -0.1) is 11.3 Å². The van der Waals surface area contributed by atoms with Crippen molar-refractivity contribution < 1.29 is 13.2 Å². The fourth-order valence-electron chi connectivity index (χ4n) is 2.88. The van der Waals surface area contributed by atoms with E-state index in [0.29, 0.717) is 17.3 Å². The van der Waals surface area contributed by atoms with E-state index in [1.807, 2.05) is 0 Å². The molecule has 1 aromatic heterocycles. The Labute approximate surface area is 125 Å². The first-order valence-corrected chi connectivity index (χ1v) is 9.40. The molecule has 0 bridgehead atoms. The zero-order valence-corrected chi connectivity index (χ0v) is 13.7. The van der Waals surface area contributed by atoms with E-state index in [-0.39, 0.29) is 5.41 Å². The second-order valence-corrected chi connectivity index (χ2v) is 9.89. The molecule has 0 unspecified atom stereocenters. The van der Waals surface area contributed by atoms with Crippen molar-refractivity contribution in [1.29, 1.82) is 0 Å². The van der Waals surface area contributed by atoms with Crippen LogP contribution in [0.1, 0.15) is 19.3 Å². The topological polar surface area (TPSA) is 46.6 Å².